The number of hydrogen-bond donors (Lipinski definition) is 1. The van der Waals surface area contributed by atoms with Crippen LogP contribution in [0.1, 0.15) is 32.0 Å². The van der Waals surface area contributed by atoms with Gasteiger partial charge in [-0.3, -0.25) is 9.78 Å². The SMILES string of the molecule is COC(=O)C=C(c1cccnc1)n1ccc2cc(OCCc3cccc(NCC(=O)OC(C)(C)C)n3)ccc21. The number of aromatic nitrogens is 3. The third-order valence-electron chi connectivity index (χ3n) is 5.60. The van der Waals surface area contributed by atoms with E-state index < -0.39 is 11.6 Å². The molecule has 0 radical (unpaired) electrons. The van der Waals surface area contributed by atoms with Crippen molar-refractivity contribution in [2.24, 2.45) is 0 Å². The number of pyridine rings is 2. The maximum atomic E-state index is 12.1. The molecule has 0 spiro atoms. The lowest BCUT2D eigenvalue weighted by molar-refractivity contribution is -0.152. The highest BCUT2D eigenvalue weighted by molar-refractivity contribution is 5.94. The van der Waals surface area contributed by atoms with Gasteiger partial charge < -0.3 is 24.1 Å². The molecule has 0 atom stereocenters. The van der Waals surface area contributed by atoms with E-state index in [1.807, 2.05) is 86.1 Å². The minimum Gasteiger partial charge on any atom is -0.493 e. The molecule has 3 aromatic heterocycles. The average Bonchev–Trinajstić information content (AvgIpc) is 3.33. The van der Waals surface area contributed by atoms with Gasteiger partial charge in [0.2, 0.25) is 0 Å². The summed E-state index contributed by atoms with van der Waals surface area (Å²) < 4.78 is 18.1. The smallest absolute Gasteiger partial charge is 0.332 e. The number of nitrogens with one attached hydrogen (secondary N) is 1. The number of anilines is 1. The van der Waals surface area contributed by atoms with Gasteiger partial charge in [-0.1, -0.05) is 6.07 Å². The van der Waals surface area contributed by atoms with Crippen LogP contribution in [0.5, 0.6) is 5.75 Å². The number of fused-ring (bicyclic) bond motifs is 1. The average molecular weight is 529 g/mol. The Kier molecular flexibility index (Phi) is 8.60. The van der Waals surface area contributed by atoms with Crippen LogP contribution in [0.25, 0.3) is 16.6 Å². The minimum absolute atomic E-state index is 0.0429. The number of benzene rings is 1. The molecule has 0 aliphatic rings. The lowest BCUT2D eigenvalue weighted by atomic mass is 10.2. The second kappa shape index (κ2) is 12.3. The number of nitrogens with zero attached hydrogens (tertiary/aromatic N) is 3. The number of esters is 2. The zero-order valence-electron chi connectivity index (χ0n) is 22.5. The highest BCUT2D eigenvalue weighted by atomic mass is 16.6. The molecule has 9 heteroatoms. The molecular formula is C30H32N4O5. The van der Waals surface area contributed by atoms with Gasteiger partial charge in [-0.25, -0.2) is 9.78 Å². The first kappa shape index (κ1) is 27.4. The van der Waals surface area contributed by atoms with Crippen molar-refractivity contribution in [3.8, 4) is 5.75 Å². The molecule has 3 heterocycles. The summed E-state index contributed by atoms with van der Waals surface area (Å²) in [7, 11) is 1.35. The molecule has 0 fully saturated rings. The fraction of sp³-hybridized carbons (Fsp3) is 0.267. The van der Waals surface area contributed by atoms with Gasteiger partial charge in [-0.15, -0.1) is 0 Å². The number of methoxy groups -OCH3 is 1. The molecule has 0 unspecified atom stereocenters. The van der Waals surface area contributed by atoms with Crippen LogP contribution in [0.4, 0.5) is 5.82 Å². The molecule has 0 amide bonds. The van der Waals surface area contributed by atoms with Crippen LogP contribution in [0.15, 0.2) is 79.3 Å². The Morgan fingerprint density at radius 1 is 1.08 bits per heavy atom. The molecule has 0 aliphatic heterocycles. The van der Waals surface area contributed by atoms with Crippen LogP contribution in [0.2, 0.25) is 0 Å². The van der Waals surface area contributed by atoms with E-state index in [2.05, 4.69) is 15.3 Å². The first-order valence-electron chi connectivity index (χ1n) is 12.6. The van der Waals surface area contributed by atoms with Crippen molar-refractivity contribution in [3.05, 3.63) is 90.5 Å². The van der Waals surface area contributed by atoms with Crippen LogP contribution < -0.4 is 10.1 Å². The maximum Gasteiger partial charge on any atom is 0.332 e. The van der Waals surface area contributed by atoms with Crippen molar-refractivity contribution in [2.75, 3.05) is 25.6 Å². The summed E-state index contributed by atoms with van der Waals surface area (Å²) in [5.41, 5.74) is 2.66. The summed E-state index contributed by atoms with van der Waals surface area (Å²) in [6.45, 7) is 5.97. The normalized spacial score (nSPS) is 11.7. The fourth-order valence-electron chi connectivity index (χ4n) is 3.93. The maximum absolute atomic E-state index is 12.1. The Balaban J connectivity index is 1.40. The summed E-state index contributed by atoms with van der Waals surface area (Å²) in [6, 6.07) is 17.1. The van der Waals surface area contributed by atoms with E-state index in [0.717, 1.165) is 27.9 Å². The van der Waals surface area contributed by atoms with Gasteiger partial charge in [0.1, 0.15) is 23.7 Å². The Hall–Kier alpha value is -4.66. The quantitative estimate of drug-likeness (QED) is 0.230. The van der Waals surface area contributed by atoms with E-state index in [1.165, 1.54) is 13.2 Å². The zero-order chi connectivity index (χ0) is 27.8. The van der Waals surface area contributed by atoms with Crippen LogP contribution in [-0.4, -0.2) is 52.3 Å². The lowest BCUT2D eigenvalue weighted by Gasteiger charge is -2.19. The number of hydrogen-bond acceptors (Lipinski definition) is 8. The van der Waals surface area contributed by atoms with Crippen molar-refractivity contribution in [1.82, 2.24) is 14.5 Å². The molecule has 39 heavy (non-hydrogen) atoms. The predicted octanol–water partition coefficient (Wildman–Crippen LogP) is 4.87. The van der Waals surface area contributed by atoms with Gasteiger partial charge in [-0.2, -0.15) is 0 Å². The Morgan fingerprint density at radius 3 is 2.67 bits per heavy atom. The summed E-state index contributed by atoms with van der Waals surface area (Å²) in [4.78, 5) is 32.8. The molecule has 202 valence electrons. The topological polar surface area (TPSA) is 105 Å². The van der Waals surface area contributed by atoms with Gasteiger partial charge in [0.25, 0.3) is 0 Å². The summed E-state index contributed by atoms with van der Waals surface area (Å²) >= 11 is 0. The number of rotatable bonds is 10. The Bertz CT molecular complexity index is 1470. The van der Waals surface area contributed by atoms with E-state index in [9.17, 15) is 9.59 Å². The molecule has 0 aliphatic carbocycles. The first-order valence-corrected chi connectivity index (χ1v) is 12.6. The van der Waals surface area contributed by atoms with Crippen LogP contribution in [-0.2, 0) is 25.5 Å². The van der Waals surface area contributed by atoms with Gasteiger partial charge in [-0.05, 0) is 69.3 Å². The monoisotopic (exact) mass is 528 g/mol. The molecule has 0 saturated carbocycles. The summed E-state index contributed by atoms with van der Waals surface area (Å²) in [5, 5.41) is 3.97. The third kappa shape index (κ3) is 7.67. The second-order valence-electron chi connectivity index (χ2n) is 9.75. The van der Waals surface area contributed by atoms with Crippen molar-refractivity contribution < 1.29 is 23.8 Å². The largest absolute Gasteiger partial charge is 0.493 e. The number of carbonyl (C=O) groups excluding carboxylic acids is 2. The zero-order valence-corrected chi connectivity index (χ0v) is 22.5. The van der Waals surface area contributed by atoms with E-state index >= 15 is 0 Å². The lowest BCUT2D eigenvalue weighted by Crippen LogP contribution is -2.28. The molecule has 1 N–H and O–H groups in total. The fourth-order valence-corrected chi connectivity index (χ4v) is 3.93. The Labute approximate surface area is 227 Å². The van der Waals surface area contributed by atoms with Gasteiger partial charge >= 0.3 is 11.9 Å². The highest BCUT2D eigenvalue weighted by Crippen LogP contribution is 2.27. The molecular weight excluding hydrogens is 496 g/mol. The van der Waals surface area contributed by atoms with E-state index in [0.29, 0.717) is 24.5 Å². The third-order valence-corrected chi connectivity index (χ3v) is 5.60. The number of ether oxygens (including phenoxy) is 3. The van der Waals surface area contributed by atoms with Gasteiger partial charge in [0.15, 0.2) is 0 Å². The molecule has 1 aromatic carbocycles. The standard InChI is InChI=1S/C30H32N4O5/c1-30(2,3)39-29(36)20-32-27-9-5-8-23(33-27)13-16-38-24-10-11-25-21(17-24)12-15-34(25)26(18-28(35)37-4)22-7-6-14-31-19-22/h5-12,14-15,17-19H,13,16,20H2,1-4H3,(H,32,33). The van der Waals surface area contributed by atoms with E-state index in [1.54, 1.807) is 12.4 Å². The van der Waals surface area contributed by atoms with Crippen molar-refractivity contribution in [2.45, 2.75) is 32.8 Å². The molecule has 4 rings (SSSR count). The second-order valence-corrected chi connectivity index (χ2v) is 9.75. The highest BCUT2D eigenvalue weighted by Gasteiger charge is 2.16. The molecule has 0 bridgehead atoms. The molecule has 4 aromatic rings. The van der Waals surface area contributed by atoms with Crippen LogP contribution >= 0.6 is 0 Å². The summed E-state index contributed by atoms with van der Waals surface area (Å²) in [6.07, 6.45) is 7.32. The first-order chi connectivity index (χ1) is 18.7. The van der Waals surface area contributed by atoms with Crippen molar-refractivity contribution in [3.63, 3.8) is 0 Å². The van der Waals surface area contributed by atoms with Gasteiger partial charge in [0.05, 0.1) is 24.9 Å². The summed E-state index contributed by atoms with van der Waals surface area (Å²) in [5.74, 6) is 0.536. The van der Waals surface area contributed by atoms with Crippen LogP contribution in [0.3, 0.4) is 0 Å². The van der Waals surface area contributed by atoms with Crippen molar-refractivity contribution in [1.29, 1.82) is 0 Å². The van der Waals surface area contributed by atoms with Crippen LogP contribution in [0, 0.1) is 0 Å². The Morgan fingerprint density at radius 2 is 1.92 bits per heavy atom. The van der Waals surface area contributed by atoms with Gasteiger partial charge in [0, 0.05) is 47.7 Å². The van der Waals surface area contributed by atoms with E-state index in [4.69, 9.17) is 14.2 Å². The molecule has 0 saturated heterocycles. The number of carbonyl (C=O) groups is 2. The van der Waals surface area contributed by atoms with Crippen molar-refractivity contribution >= 4 is 34.4 Å². The molecule has 9 nitrogen and oxygen atoms in total. The minimum atomic E-state index is -0.529. The van der Waals surface area contributed by atoms with E-state index in [-0.39, 0.29) is 12.5 Å². The predicted molar refractivity (Wildman–Crippen MR) is 149 cm³/mol.